The highest BCUT2D eigenvalue weighted by Crippen LogP contribution is 2.21. The van der Waals surface area contributed by atoms with E-state index in [0.29, 0.717) is 0 Å². The van der Waals surface area contributed by atoms with Crippen LogP contribution in [0.2, 0.25) is 19.6 Å². The Hall–Kier alpha value is -0.318. The quantitative estimate of drug-likeness (QED) is 0.555. The molecule has 4 heteroatoms. The zero-order chi connectivity index (χ0) is 12.2. The summed E-state index contributed by atoms with van der Waals surface area (Å²) in [6.07, 6.45) is 4.14. The molecule has 0 amide bonds. The molecule has 0 aromatic carbocycles. The molecule has 1 heterocycles. The summed E-state index contributed by atoms with van der Waals surface area (Å²) in [5.74, 6) is 1.98. The molecule has 0 aromatic rings. The van der Waals surface area contributed by atoms with Gasteiger partial charge in [0.1, 0.15) is 0 Å². The van der Waals surface area contributed by atoms with E-state index < -0.39 is 8.07 Å². The minimum atomic E-state index is -1.08. The molecule has 0 radical (unpaired) electrons. The summed E-state index contributed by atoms with van der Waals surface area (Å²) in [5.41, 5.74) is 2.45. The normalized spacial score (nSPS) is 22.2. The first-order chi connectivity index (χ1) is 7.29. The zero-order valence-corrected chi connectivity index (χ0v) is 12.1. The number of hydrogen-bond acceptors (Lipinski definition) is 2. The summed E-state index contributed by atoms with van der Waals surface area (Å²) in [6.45, 7) is 12.8. The van der Waals surface area contributed by atoms with Crippen LogP contribution in [0.1, 0.15) is 13.8 Å². The molecule has 0 spiro atoms. The van der Waals surface area contributed by atoms with E-state index in [4.69, 9.17) is 9.31 Å². The van der Waals surface area contributed by atoms with E-state index >= 15 is 0 Å². The predicted molar refractivity (Wildman–Crippen MR) is 73.1 cm³/mol. The maximum atomic E-state index is 5.59. The third-order valence-corrected chi connectivity index (χ3v) is 3.44. The Bertz CT molecular complexity index is 269. The summed E-state index contributed by atoms with van der Waals surface area (Å²) in [4.78, 5) is 0. The lowest BCUT2D eigenvalue weighted by molar-refractivity contribution is 0.0336. The Morgan fingerprint density at radius 3 is 2.12 bits per heavy atom. The molecule has 1 aliphatic rings. The van der Waals surface area contributed by atoms with Gasteiger partial charge in [-0.3, -0.25) is 0 Å². The highest BCUT2D eigenvalue weighted by molar-refractivity contribution is 6.81. The number of rotatable bonds is 3. The first-order valence-corrected chi connectivity index (χ1v) is 9.46. The topological polar surface area (TPSA) is 18.5 Å². The summed E-state index contributed by atoms with van der Waals surface area (Å²) in [7, 11) is -1.25. The van der Waals surface area contributed by atoms with E-state index in [1.165, 1.54) is 0 Å². The van der Waals surface area contributed by atoms with Gasteiger partial charge in [-0.15, -0.1) is 0 Å². The van der Waals surface area contributed by atoms with Crippen molar-refractivity contribution in [2.24, 2.45) is 5.41 Å². The van der Waals surface area contributed by atoms with E-state index in [-0.39, 0.29) is 12.5 Å². The van der Waals surface area contributed by atoms with Gasteiger partial charge < -0.3 is 9.31 Å². The molecule has 1 aliphatic heterocycles. The minimum Gasteiger partial charge on any atom is -0.407 e. The average molecular weight is 238 g/mol. The van der Waals surface area contributed by atoms with E-state index in [1.54, 1.807) is 0 Å². The van der Waals surface area contributed by atoms with E-state index in [2.05, 4.69) is 45.3 Å². The minimum absolute atomic E-state index is 0.151. The SMILES string of the molecule is CC1(C)COB(/C=C/C=C/[Si](C)(C)C)OC1. The molecule has 0 aliphatic carbocycles. The van der Waals surface area contributed by atoms with Gasteiger partial charge in [0.15, 0.2) is 0 Å². The van der Waals surface area contributed by atoms with Crippen molar-refractivity contribution in [3.8, 4) is 0 Å². The van der Waals surface area contributed by atoms with E-state index in [9.17, 15) is 0 Å². The first-order valence-electron chi connectivity index (χ1n) is 5.88. The van der Waals surface area contributed by atoms with Crippen LogP contribution in [-0.4, -0.2) is 28.4 Å². The highest BCUT2D eigenvalue weighted by Gasteiger charge is 2.29. The summed E-state index contributed by atoms with van der Waals surface area (Å²) in [6, 6.07) is 0. The van der Waals surface area contributed by atoms with Crippen LogP contribution in [-0.2, 0) is 9.31 Å². The van der Waals surface area contributed by atoms with Gasteiger partial charge in [0.25, 0.3) is 0 Å². The Balaban J connectivity index is 2.34. The van der Waals surface area contributed by atoms with Crippen molar-refractivity contribution < 1.29 is 9.31 Å². The lowest BCUT2D eigenvalue weighted by Gasteiger charge is -2.31. The van der Waals surface area contributed by atoms with Crippen LogP contribution in [0.4, 0.5) is 0 Å². The van der Waals surface area contributed by atoms with Crippen molar-refractivity contribution in [3.05, 3.63) is 23.8 Å². The molecule has 0 saturated carbocycles. The number of allylic oxidation sites excluding steroid dienone is 2. The lowest BCUT2D eigenvalue weighted by Crippen LogP contribution is -2.39. The largest absolute Gasteiger partial charge is 0.486 e. The molecule has 1 saturated heterocycles. The maximum absolute atomic E-state index is 5.59. The Kier molecular flexibility index (Phi) is 4.59. The highest BCUT2D eigenvalue weighted by atomic mass is 28.3. The van der Waals surface area contributed by atoms with Gasteiger partial charge in [-0.25, -0.2) is 0 Å². The van der Waals surface area contributed by atoms with Gasteiger partial charge in [0, 0.05) is 18.6 Å². The van der Waals surface area contributed by atoms with Crippen molar-refractivity contribution in [1.29, 1.82) is 0 Å². The molecular formula is C12H23BO2Si. The summed E-state index contributed by atoms with van der Waals surface area (Å²) < 4.78 is 11.2. The third-order valence-electron chi connectivity index (χ3n) is 2.25. The fourth-order valence-corrected chi connectivity index (χ4v) is 2.00. The molecule has 16 heavy (non-hydrogen) atoms. The summed E-state index contributed by atoms with van der Waals surface area (Å²) >= 11 is 0. The first kappa shape index (κ1) is 13.7. The van der Waals surface area contributed by atoms with Crippen LogP contribution < -0.4 is 0 Å². The van der Waals surface area contributed by atoms with Crippen molar-refractivity contribution in [2.45, 2.75) is 33.5 Å². The van der Waals surface area contributed by atoms with Gasteiger partial charge in [0.2, 0.25) is 0 Å². The van der Waals surface area contributed by atoms with Crippen LogP contribution in [0.25, 0.3) is 0 Å². The molecule has 0 aromatic heterocycles. The van der Waals surface area contributed by atoms with Crippen LogP contribution in [0.3, 0.4) is 0 Å². The second-order valence-electron chi connectivity index (χ2n) is 6.26. The molecular weight excluding hydrogens is 215 g/mol. The molecule has 1 rings (SSSR count). The van der Waals surface area contributed by atoms with Crippen molar-refractivity contribution in [1.82, 2.24) is 0 Å². The van der Waals surface area contributed by atoms with Crippen LogP contribution >= 0.6 is 0 Å². The molecule has 0 N–H and O–H groups in total. The van der Waals surface area contributed by atoms with Gasteiger partial charge in [-0.05, 0) is 0 Å². The smallest absolute Gasteiger partial charge is 0.407 e. The maximum Gasteiger partial charge on any atom is 0.486 e. The second kappa shape index (κ2) is 5.34. The molecule has 0 atom stereocenters. The fourth-order valence-electron chi connectivity index (χ4n) is 1.32. The van der Waals surface area contributed by atoms with Gasteiger partial charge in [0.05, 0.1) is 8.07 Å². The molecule has 2 nitrogen and oxygen atoms in total. The standard InChI is InChI=1S/C12H23BO2Si/c1-12(2)10-14-13(15-11-12)8-6-7-9-16(3,4)5/h6-9H,10-11H2,1-5H3/b8-6+,9-7+. The van der Waals surface area contributed by atoms with Crippen molar-refractivity contribution in [2.75, 3.05) is 13.2 Å². The van der Waals surface area contributed by atoms with Gasteiger partial charge in [-0.1, -0.05) is 57.3 Å². The fraction of sp³-hybridized carbons (Fsp3) is 0.667. The Labute approximate surface area is 101 Å². The second-order valence-corrected chi connectivity index (χ2v) is 11.3. The van der Waals surface area contributed by atoms with Crippen LogP contribution in [0, 0.1) is 5.41 Å². The Morgan fingerprint density at radius 2 is 1.62 bits per heavy atom. The lowest BCUT2D eigenvalue weighted by atomic mass is 9.83. The van der Waals surface area contributed by atoms with Crippen LogP contribution in [0.15, 0.2) is 23.8 Å². The summed E-state index contributed by atoms with van der Waals surface area (Å²) in [5, 5.41) is 0. The molecule has 90 valence electrons. The molecule has 1 fully saturated rings. The van der Waals surface area contributed by atoms with Crippen molar-refractivity contribution in [3.63, 3.8) is 0 Å². The molecule has 0 unspecified atom stereocenters. The third kappa shape index (κ3) is 5.68. The van der Waals surface area contributed by atoms with Gasteiger partial charge >= 0.3 is 7.12 Å². The number of hydrogen-bond donors (Lipinski definition) is 0. The predicted octanol–water partition coefficient (Wildman–Crippen LogP) is 3.08. The van der Waals surface area contributed by atoms with Gasteiger partial charge in [-0.2, -0.15) is 0 Å². The van der Waals surface area contributed by atoms with Crippen molar-refractivity contribution >= 4 is 15.2 Å². The monoisotopic (exact) mass is 238 g/mol. The Morgan fingerprint density at radius 1 is 1.06 bits per heavy atom. The van der Waals surface area contributed by atoms with Crippen LogP contribution in [0.5, 0.6) is 0 Å². The van der Waals surface area contributed by atoms with E-state index in [0.717, 1.165) is 13.2 Å². The molecule has 0 bridgehead atoms. The average Bonchev–Trinajstić information content (AvgIpc) is 2.13. The zero-order valence-electron chi connectivity index (χ0n) is 11.1. The van der Waals surface area contributed by atoms with E-state index in [1.807, 2.05) is 12.1 Å².